The molecule has 34 heavy (non-hydrogen) atoms. The quantitative estimate of drug-likeness (QED) is 0.209. The number of ether oxygens (including phenoxy) is 1. The molecule has 7 heteroatoms. The first-order valence-corrected chi connectivity index (χ1v) is 11.2. The van der Waals surface area contributed by atoms with Gasteiger partial charge in [0.2, 0.25) is 5.91 Å². The van der Waals surface area contributed by atoms with Crippen molar-refractivity contribution in [3.05, 3.63) is 112 Å². The van der Waals surface area contributed by atoms with Gasteiger partial charge in [-0.15, -0.1) is 0 Å². The van der Waals surface area contributed by atoms with Crippen molar-refractivity contribution in [1.82, 2.24) is 9.88 Å². The van der Waals surface area contributed by atoms with Crippen LogP contribution >= 0.6 is 0 Å². The molecule has 174 valence electrons. The maximum Gasteiger partial charge on any atom is 0.273 e. The molecule has 1 N–H and O–H groups in total. The van der Waals surface area contributed by atoms with Crippen LogP contribution < -0.4 is 5.32 Å². The molecule has 1 atom stereocenters. The van der Waals surface area contributed by atoms with Gasteiger partial charge >= 0.3 is 0 Å². The topological polar surface area (TPSA) is 86.4 Å². The molecule has 1 aromatic heterocycles. The Hall–Kier alpha value is -3.97. The summed E-state index contributed by atoms with van der Waals surface area (Å²) in [5.74, 6) is -0.661. The largest absolute Gasteiger partial charge is 0.383 e. The van der Waals surface area contributed by atoms with Crippen LogP contribution in [-0.2, 0) is 16.1 Å². The summed E-state index contributed by atoms with van der Waals surface area (Å²) in [6.07, 6.45) is 2.12. The summed E-state index contributed by atoms with van der Waals surface area (Å²) >= 11 is 0. The number of carbonyl (C=O) groups excluding carboxylic acids is 1. The molecule has 0 radical (unpaired) electrons. The Morgan fingerprint density at radius 1 is 1.00 bits per heavy atom. The first-order valence-electron chi connectivity index (χ1n) is 11.2. The molecule has 0 bridgehead atoms. The van der Waals surface area contributed by atoms with Crippen LogP contribution in [0.15, 0.2) is 85.1 Å². The zero-order valence-electron chi connectivity index (χ0n) is 19.0. The highest BCUT2D eigenvalue weighted by Gasteiger charge is 2.28. The smallest absolute Gasteiger partial charge is 0.273 e. The number of nitrogens with one attached hydrogen (secondary N) is 1. The molecule has 0 saturated carbocycles. The average molecular weight is 458 g/mol. The number of hydrogen-bond donors (Lipinski definition) is 1. The molecule has 1 amide bonds. The Bertz CT molecular complexity index is 1280. The van der Waals surface area contributed by atoms with Gasteiger partial charge in [-0.05, 0) is 17.2 Å². The molecule has 0 fully saturated rings. The first kappa shape index (κ1) is 23.2. The van der Waals surface area contributed by atoms with Gasteiger partial charge in [0.15, 0.2) is 0 Å². The van der Waals surface area contributed by atoms with E-state index in [4.69, 9.17) is 4.74 Å². The maximum absolute atomic E-state index is 12.8. The van der Waals surface area contributed by atoms with Gasteiger partial charge in [-0.2, -0.15) is 0 Å². The molecule has 4 aromatic rings. The molecule has 4 rings (SSSR count). The van der Waals surface area contributed by atoms with Crippen LogP contribution in [0, 0.1) is 10.1 Å². The fourth-order valence-corrected chi connectivity index (χ4v) is 4.35. The van der Waals surface area contributed by atoms with Gasteiger partial charge in [0.1, 0.15) is 0 Å². The molecule has 7 nitrogen and oxygen atoms in total. The minimum Gasteiger partial charge on any atom is -0.383 e. The Morgan fingerprint density at radius 3 is 2.47 bits per heavy atom. The summed E-state index contributed by atoms with van der Waals surface area (Å²) in [4.78, 5) is 24.3. The molecule has 0 spiro atoms. The number of carbonyl (C=O) groups is 1. The maximum atomic E-state index is 12.8. The number of nitro groups is 1. The van der Waals surface area contributed by atoms with Gasteiger partial charge in [0, 0.05) is 61.3 Å². The van der Waals surface area contributed by atoms with E-state index in [9.17, 15) is 14.9 Å². The number of rotatable bonds is 10. The van der Waals surface area contributed by atoms with Crippen molar-refractivity contribution < 1.29 is 14.5 Å². The molecule has 0 aliphatic carbocycles. The highest BCUT2D eigenvalue weighted by molar-refractivity contribution is 5.87. The minimum absolute atomic E-state index is 0.0112. The molecule has 0 aliphatic rings. The van der Waals surface area contributed by atoms with E-state index in [0.717, 1.165) is 22.0 Å². The Balaban J connectivity index is 1.80. The van der Waals surface area contributed by atoms with Crippen molar-refractivity contribution >= 4 is 22.5 Å². The van der Waals surface area contributed by atoms with Crippen molar-refractivity contribution in [1.29, 1.82) is 0 Å². The molecular weight excluding hydrogens is 430 g/mol. The van der Waals surface area contributed by atoms with Crippen LogP contribution in [-0.4, -0.2) is 35.7 Å². The number of benzene rings is 3. The number of aromatic nitrogens is 1. The van der Waals surface area contributed by atoms with Crippen LogP contribution in [0.4, 0.5) is 5.69 Å². The second-order valence-corrected chi connectivity index (χ2v) is 8.13. The van der Waals surface area contributed by atoms with Gasteiger partial charge in [-0.3, -0.25) is 14.9 Å². The third kappa shape index (κ3) is 5.15. The van der Waals surface area contributed by atoms with E-state index >= 15 is 0 Å². The van der Waals surface area contributed by atoms with Crippen LogP contribution in [0.1, 0.15) is 29.0 Å². The molecule has 0 aliphatic heterocycles. The van der Waals surface area contributed by atoms with Gasteiger partial charge < -0.3 is 14.6 Å². The number of methoxy groups -OCH3 is 1. The number of hydrogen-bond acceptors (Lipinski definition) is 4. The number of amides is 1. The second kappa shape index (κ2) is 10.8. The summed E-state index contributed by atoms with van der Waals surface area (Å²) in [7, 11) is 1.57. The number of nitro benzene ring substituents is 1. The average Bonchev–Trinajstić information content (AvgIpc) is 3.21. The van der Waals surface area contributed by atoms with Crippen molar-refractivity contribution in [3.63, 3.8) is 0 Å². The molecule has 0 unspecified atom stereocenters. The van der Waals surface area contributed by atoms with Crippen LogP contribution in [0.5, 0.6) is 0 Å². The van der Waals surface area contributed by atoms with Crippen LogP contribution in [0.3, 0.4) is 0 Å². The molecule has 3 aromatic carbocycles. The zero-order valence-corrected chi connectivity index (χ0v) is 19.0. The van der Waals surface area contributed by atoms with E-state index in [0.29, 0.717) is 25.3 Å². The monoisotopic (exact) mass is 457 g/mol. The lowest BCUT2D eigenvalue weighted by Gasteiger charge is -2.17. The lowest BCUT2D eigenvalue weighted by atomic mass is 9.87. The van der Waals surface area contributed by atoms with E-state index < -0.39 is 5.92 Å². The highest BCUT2D eigenvalue weighted by Crippen LogP contribution is 2.38. The van der Waals surface area contributed by atoms with E-state index in [2.05, 4.69) is 22.0 Å². The number of nitrogens with zero attached hydrogens (tertiary/aromatic N) is 2. The summed E-state index contributed by atoms with van der Waals surface area (Å²) in [5.41, 5.74) is 3.59. The van der Waals surface area contributed by atoms with E-state index in [1.54, 1.807) is 25.3 Å². The first-order chi connectivity index (χ1) is 16.6. The van der Waals surface area contributed by atoms with Crippen molar-refractivity contribution in [3.8, 4) is 0 Å². The lowest BCUT2D eigenvalue weighted by molar-refractivity contribution is -0.385. The van der Waals surface area contributed by atoms with Gasteiger partial charge in [0.05, 0.1) is 11.5 Å². The van der Waals surface area contributed by atoms with Crippen LogP contribution in [0.25, 0.3) is 10.9 Å². The Morgan fingerprint density at radius 2 is 1.71 bits per heavy atom. The molecule has 1 heterocycles. The lowest BCUT2D eigenvalue weighted by Crippen LogP contribution is -2.28. The van der Waals surface area contributed by atoms with Gasteiger partial charge in [-0.25, -0.2) is 0 Å². The highest BCUT2D eigenvalue weighted by atomic mass is 16.6. The fourth-order valence-electron chi connectivity index (χ4n) is 4.35. The normalized spacial score (nSPS) is 11.9. The van der Waals surface area contributed by atoms with Crippen molar-refractivity contribution in [2.24, 2.45) is 0 Å². The third-order valence-corrected chi connectivity index (χ3v) is 5.92. The van der Waals surface area contributed by atoms with Crippen molar-refractivity contribution in [2.45, 2.75) is 18.9 Å². The molecular formula is C27H27N3O4. The summed E-state index contributed by atoms with van der Waals surface area (Å²) in [6, 6.07) is 24.8. The minimum atomic E-state index is -0.480. The Labute approximate surface area is 198 Å². The standard InChI is InChI=1S/C27H27N3O4/c1-34-16-15-28-27(31)17-23(21-11-6-8-14-26(21)30(32)33)24-19-29(18-20-9-3-2-4-10-20)25-13-7-5-12-22(24)25/h2-14,19,23H,15-18H2,1H3,(H,28,31)/t23-/m1/s1. The summed E-state index contributed by atoms with van der Waals surface area (Å²) < 4.78 is 7.17. The van der Waals surface area contributed by atoms with Gasteiger partial charge in [0.25, 0.3) is 5.69 Å². The van der Waals surface area contributed by atoms with E-state index in [-0.39, 0.29) is 22.9 Å². The van der Waals surface area contributed by atoms with E-state index in [1.807, 2.05) is 48.7 Å². The zero-order chi connectivity index (χ0) is 23.9. The van der Waals surface area contributed by atoms with Crippen molar-refractivity contribution in [2.75, 3.05) is 20.3 Å². The van der Waals surface area contributed by atoms with E-state index in [1.165, 1.54) is 6.07 Å². The summed E-state index contributed by atoms with van der Waals surface area (Å²) in [5, 5.41) is 15.7. The SMILES string of the molecule is COCCNC(=O)C[C@H](c1ccccc1[N+](=O)[O-])c1cn(Cc2ccccc2)c2ccccc12. The second-order valence-electron chi connectivity index (χ2n) is 8.13. The number of para-hydroxylation sites is 2. The molecule has 0 saturated heterocycles. The third-order valence-electron chi connectivity index (χ3n) is 5.92. The summed E-state index contributed by atoms with van der Waals surface area (Å²) in [6.45, 7) is 1.44. The Kier molecular flexibility index (Phi) is 7.34. The fraction of sp³-hybridized carbons (Fsp3) is 0.222. The number of fused-ring (bicyclic) bond motifs is 1. The van der Waals surface area contributed by atoms with Crippen LogP contribution in [0.2, 0.25) is 0 Å². The predicted octanol–water partition coefficient (Wildman–Crippen LogP) is 4.88. The predicted molar refractivity (Wildman–Crippen MR) is 132 cm³/mol. The van der Waals surface area contributed by atoms with Gasteiger partial charge in [-0.1, -0.05) is 66.7 Å².